The Hall–Kier alpha value is -3.12. The summed E-state index contributed by atoms with van der Waals surface area (Å²) in [5.74, 6) is -0.791. The zero-order valence-electron chi connectivity index (χ0n) is 18.8. The van der Waals surface area contributed by atoms with E-state index in [9.17, 15) is 9.59 Å². The predicted octanol–water partition coefficient (Wildman–Crippen LogP) is 4.78. The van der Waals surface area contributed by atoms with E-state index in [2.05, 4.69) is 0 Å². The number of hydrogen-bond donors (Lipinski definition) is 0. The molecule has 0 aliphatic rings. The Bertz CT molecular complexity index is 959. The van der Waals surface area contributed by atoms with Gasteiger partial charge in [0.2, 0.25) is 0 Å². The lowest BCUT2D eigenvalue weighted by Gasteiger charge is -2.29. The fourth-order valence-electron chi connectivity index (χ4n) is 3.42. The van der Waals surface area contributed by atoms with Crippen LogP contribution in [0.2, 0.25) is 0 Å². The molecule has 0 spiro atoms. The van der Waals surface area contributed by atoms with Gasteiger partial charge in [0.15, 0.2) is 5.78 Å². The van der Waals surface area contributed by atoms with Gasteiger partial charge in [0.25, 0.3) is 0 Å². The summed E-state index contributed by atoms with van der Waals surface area (Å²) in [6.07, 6.45) is -0.878. The molecule has 0 heterocycles. The molecule has 33 heavy (non-hydrogen) atoms. The summed E-state index contributed by atoms with van der Waals surface area (Å²) in [4.78, 5) is 24.9. The van der Waals surface area contributed by atoms with Crippen molar-refractivity contribution in [2.45, 2.75) is 39.0 Å². The van der Waals surface area contributed by atoms with Crippen molar-refractivity contribution in [2.75, 3.05) is 6.61 Å². The van der Waals surface area contributed by atoms with Crippen LogP contribution >= 0.6 is 0 Å². The molecule has 0 aromatic heterocycles. The number of rotatable bonds is 14. The molecule has 5 heteroatoms. The summed E-state index contributed by atoms with van der Waals surface area (Å²) in [5, 5.41) is 0. The van der Waals surface area contributed by atoms with Crippen molar-refractivity contribution in [3.05, 3.63) is 108 Å². The fourth-order valence-corrected chi connectivity index (χ4v) is 3.42. The molecule has 0 bridgehead atoms. The smallest absolute Gasteiger partial charge is 0.189 e. The zero-order valence-corrected chi connectivity index (χ0v) is 18.8. The van der Waals surface area contributed by atoms with Crippen LogP contribution in [0.1, 0.15) is 23.6 Å². The first-order chi connectivity index (χ1) is 16.2. The summed E-state index contributed by atoms with van der Waals surface area (Å²) in [7, 11) is 0. The molecule has 0 amide bonds. The molecule has 0 fully saturated rings. The van der Waals surface area contributed by atoms with E-state index in [-0.39, 0.29) is 25.6 Å². The number of ether oxygens (including phenoxy) is 3. The van der Waals surface area contributed by atoms with E-state index in [1.165, 1.54) is 0 Å². The first-order valence-corrected chi connectivity index (χ1v) is 11.1. The molecule has 0 saturated heterocycles. The number of aldehydes is 1. The Labute approximate surface area is 195 Å². The molecule has 0 unspecified atom stereocenters. The van der Waals surface area contributed by atoms with Gasteiger partial charge in [-0.05, 0) is 16.7 Å². The maximum absolute atomic E-state index is 13.2. The third kappa shape index (κ3) is 8.06. The Morgan fingerprint density at radius 2 is 1.18 bits per heavy atom. The van der Waals surface area contributed by atoms with Crippen LogP contribution in [0.3, 0.4) is 0 Å². The van der Waals surface area contributed by atoms with Gasteiger partial charge in [0.05, 0.1) is 19.8 Å². The van der Waals surface area contributed by atoms with Crippen LogP contribution in [0.4, 0.5) is 0 Å². The molecule has 0 saturated carbocycles. The van der Waals surface area contributed by atoms with Crippen LogP contribution in [0, 0.1) is 5.92 Å². The SMILES string of the molecule is C[C@@H](C=O)[C@@H](OCc1ccccc1)[C@H](OCc1ccccc1)C(=O)COCc1ccccc1. The minimum absolute atomic E-state index is 0.134. The van der Waals surface area contributed by atoms with Crippen molar-refractivity contribution in [2.24, 2.45) is 5.92 Å². The average molecular weight is 447 g/mol. The minimum atomic E-state index is -0.940. The molecule has 0 aliphatic carbocycles. The van der Waals surface area contributed by atoms with Crippen LogP contribution in [0.25, 0.3) is 0 Å². The van der Waals surface area contributed by atoms with E-state index < -0.39 is 18.1 Å². The van der Waals surface area contributed by atoms with Crippen molar-refractivity contribution in [3.8, 4) is 0 Å². The van der Waals surface area contributed by atoms with Gasteiger partial charge in [-0.3, -0.25) is 4.79 Å². The monoisotopic (exact) mass is 446 g/mol. The maximum Gasteiger partial charge on any atom is 0.189 e. The van der Waals surface area contributed by atoms with Crippen LogP contribution in [0.5, 0.6) is 0 Å². The maximum atomic E-state index is 13.2. The molecule has 0 N–H and O–H groups in total. The van der Waals surface area contributed by atoms with Crippen molar-refractivity contribution in [3.63, 3.8) is 0 Å². The standard InChI is InChI=1S/C28H30O5/c1-22(17-29)27(32-19-24-13-7-3-8-14-24)28(33-20-25-15-9-4-10-16-25)26(30)21-31-18-23-11-5-2-6-12-23/h2-17,22,27-28H,18-21H2,1H3/t22-,27+,28+/m0/s1. The largest absolute Gasteiger partial charge is 0.370 e. The molecule has 172 valence electrons. The summed E-state index contributed by atoms with van der Waals surface area (Å²) < 4.78 is 17.8. The van der Waals surface area contributed by atoms with Crippen molar-refractivity contribution >= 4 is 12.1 Å². The van der Waals surface area contributed by atoms with Gasteiger partial charge in [0, 0.05) is 5.92 Å². The van der Waals surface area contributed by atoms with Crippen molar-refractivity contribution in [1.82, 2.24) is 0 Å². The van der Waals surface area contributed by atoms with Crippen LogP contribution in [-0.2, 0) is 43.6 Å². The lowest BCUT2D eigenvalue weighted by atomic mass is 9.97. The Balaban J connectivity index is 1.71. The number of carbonyl (C=O) groups excluding carboxylic acids is 2. The average Bonchev–Trinajstić information content (AvgIpc) is 2.87. The molecular weight excluding hydrogens is 416 g/mol. The molecule has 3 rings (SSSR count). The highest BCUT2D eigenvalue weighted by Gasteiger charge is 2.34. The third-order valence-electron chi connectivity index (χ3n) is 5.26. The lowest BCUT2D eigenvalue weighted by molar-refractivity contribution is -0.156. The molecule has 0 aliphatic heterocycles. The van der Waals surface area contributed by atoms with Gasteiger partial charge in [-0.2, -0.15) is 0 Å². The van der Waals surface area contributed by atoms with Gasteiger partial charge in [0.1, 0.15) is 25.1 Å². The van der Waals surface area contributed by atoms with E-state index in [4.69, 9.17) is 14.2 Å². The van der Waals surface area contributed by atoms with Gasteiger partial charge in [-0.25, -0.2) is 0 Å². The number of ketones is 1. The quantitative estimate of drug-likeness (QED) is 0.334. The molecule has 3 aromatic carbocycles. The van der Waals surface area contributed by atoms with E-state index in [1.807, 2.05) is 91.0 Å². The molecule has 3 aromatic rings. The summed E-state index contributed by atoms with van der Waals surface area (Å²) in [6, 6.07) is 28.9. The Kier molecular flexibility index (Phi) is 9.98. The number of carbonyl (C=O) groups is 2. The zero-order chi connectivity index (χ0) is 23.3. The highest BCUT2D eigenvalue weighted by atomic mass is 16.5. The molecule has 5 nitrogen and oxygen atoms in total. The Morgan fingerprint density at radius 3 is 1.67 bits per heavy atom. The minimum Gasteiger partial charge on any atom is -0.370 e. The van der Waals surface area contributed by atoms with Gasteiger partial charge in [-0.15, -0.1) is 0 Å². The fraction of sp³-hybridized carbons (Fsp3) is 0.286. The second-order valence-corrected chi connectivity index (χ2v) is 7.92. The second kappa shape index (κ2) is 13.4. The molecule has 3 atom stereocenters. The summed E-state index contributed by atoms with van der Waals surface area (Å²) in [6.45, 7) is 2.42. The van der Waals surface area contributed by atoms with Gasteiger partial charge >= 0.3 is 0 Å². The van der Waals surface area contributed by atoms with E-state index in [0.29, 0.717) is 6.61 Å². The van der Waals surface area contributed by atoms with Crippen LogP contribution in [-0.4, -0.2) is 30.9 Å². The number of benzene rings is 3. The van der Waals surface area contributed by atoms with E-state index in [1.54, 1.807) is 6.92 Å². The van der Waals surface area contributed by atoms with E-state index >= 15 is 0 Å². The second-order valence-electron chi connectivity index (χ2n) is 7.92. The topological polar surface area (TPSA) is 61.8 Å². The van der Waals surface area contributed by atoms with Crippen LogP contribution < -0.4 is 0 Å². The molecular formula is C28H30O5. The third-order valence-corrected chi connectivity index (χ3v) is 5.26. The summed E-state index contributed by atoms with van der Waals surface area (Å²) in [5.41, 5.74) is 2.86. The van der Waals surface area contributed by atoms with Crippen molar-refractivity contribution < 1.29 is 23.8 Å². The lowest BCUT2D eigenvalue weighted by Crippen LogP contribution is -2.44. The first-order valence-electron chi connectivity index (χ1n) is 11.1. The van der Waals surface area contributed by atoms with Crippen molar-refractivity contribution in [1.29, 1.82) is 0 Å². The van der Waals surface area contributed by atoms with E-state index in [0.717, 1.165) is 23.0 Å². The number of hydrogen-bond acceptors (Lipinski definition) is 5. The molecule has 0 radical (unpaired) electrons. The summed E-state index contributed by atoms with van der Waals surface area (Å²) >= 11 is 0. The number of Topliss-reactive ketones (excluding diaryl/α,β-unsaturated/α-hetero) is 1. The highest BCUT2D eigenvalue weighted by Crippen LogP contribution is 2.19. The highest BCUT2D eigenvalue weighted by molar-refractivity contribution is 5.85. The first kappa shape index (κ1) is 24.5. The van der Waals surface area contributed by atoms with Crippen LogP contribution in [0.15, 0.2) is 91.0 Å². The Morgan fingerprint density at radius 1 is 0.727 bits per heavy atom. The van der Waals surface area contributed by atoms with Gasteiger partial charge < -0.3 is 19.0 Å². The van der Waals surface area contributed by atoms with Gasteiger partial charge in [-0.1, -0.05) is 97.9 Å². The predicted molar refractivity (Wildman–Crippen MR) is 126 cm³/mol. The normalized spacial score (nSPS) is 13.7.